The minimum absolute atomic E-state index is 0.0250. The number of ether oxygens (including phenoxy) is 1. The van der Waals surface area contributed by atoms with E-state index >= 15 is 0 Å². The van der Waals surface area contributed by atoms with E-state index in [2.05, 4.69) is 15.3 Å². The normalized spacial score (nSPS) is 10.7. The SMILES string of the molecule is COc1cccc(CSc2nc(C)c(CC(=O)Nc3c(C)cccc3C)c(=O)[nH]2)c1. The lowest BCUT2D eigenvalue weighted by atomic mass is 10.1. The second-order valence-electron chi connectivity index (χ2n) is 7.07. The molecule has 0 bridgehead atoms. The zero-order chi connectivity index (χ0) is 21.7. The quantitative estimate of drug-likeness (QED) is 0.440. The van der Waals surface area contributed by atoms with Crippen molar-refractivity contribution in [1.29, 1.82) is 0 Å². The second-order valence-corrected chi connectivity index (χ2v) is 8.03. The van der Waals surface area contributed by atoms with E-state index in [1.54, 1.807) is 14.0 Å². The van der Waals surface area contributed by atoms with Gasteiger partial charge in [-0.15, -0.1) is 0 Å². The van der Waals surface area contributed by atoms with Gasteiger partial charge in [-0.05, 0) is 49.6 Å². The molecule has 6 nitrogen and oxygen atoms in total. The first-order valence-corrected chi connectivity index (χ1v) is 10.6. The molecule has 2 N–H and O–H groups in total. The number of hydrogen-bond acceptors (Lipinski definition) is 5. The monoisotopic (exact) mass is 423 g/mol. The Morgan fingerprint density at radius 2 is 1.83 bits per heavy atom. The molecule has 1 aromatic heterocycles. The first-order chi connectivity index (χ1) is 14.4. The summed E-state index contributed by atoms with van der Waals surface area (Å²) in [7, 11) is 1.63. The molecule has 1 amide bonds. The molecular weight excluding hydrogens is 398 g/mol. The van der Waals surface area contributed by atoms with E-state index in [1.165, 1.54) is 11.8 Å². The van der Waals surface area contributed by atoms with Crippen LogP contribution in [0.1, 0.15) is 27.9 Å². The minimum Gasteiger partial charge on any atom is -0.497 e. The number of benzene rings is 2. The van der Waals surface area contributed by atoms with Crippen molar-refractivity contribution in [3.05, 3.63) is 80.8 Å². The zero-order valence-corrected chi connectivity index (χ0v) is 18.4. The third kappa shape index (κ3) is 5.30. The highest BCUT2D eigenvalue weighted by molar-refractivity contribution is 7.98. The van der Waals surface area contributed by atoms with Gasteiger partial charge >= 0.3 is 0 Å². The average molecular weight is 424 g/mol. The molecule has 1 heterocycles. The van der Waals surface area contributed by atoms with Crippen LogP contribution in [0.4, 0.5) is 5.69 Å². The number of carbonyl (C=O) groups excluding carboxylic acids is 1. The maximum absolute atomic E-state index is 12.6. The molecule has 30 heavy (non-hydrogen) atoms. The molecule has 0 unspecified atom stereocenters. The van der Waals surface area contributed by atoms with E-state index in [-0.39, 0.29) is 17.9 Å². The molecule has 0 saturated carbocycles. The lowest BCUT2D eigenvalue weighted by molar-refractivity contribution is -0.115. The smallest absolute Gasteiger partial charge is 0.255 e. The fourth-order valence-electron chi connectivity index (χ4n) is 3.13. The number of aryl methyl sites for hydroxylation is 3. The fraction of sp³-hybridized carbons (Fsp3) is 0.261. The van der Waals surface area contributed by atoms with Crippen LogP contribution >= 0.6 is 11.8 Å². The molecule has 0 spiro atoms. The number of thioether (sulfide) groups is 1. The van der Waals surface area contributed by atoms with Crippen molar-refractivity contribution in [3.63, 3.8) is 0 Å². The van der Waals surface area contributed by atoms with Crippen molar-refractivity contribution >= 4 is 23.4 Å². The van der Waals surface area contributed by atoms with Gasteiger partial charge in [0.05, 0.1) is 13.5 Å². The summed E-state index contributed by atoms with van der Waals surface area (Å²) in [6, 6.07) is 13.6. The van der Waals surface area contributed by atoms with Crippen LogP contribution in [-0.4, -0.2) is 23.0 Å². The van der Waals surface area contributed by atoms with Gasteiger partial charge in [-0.25, -0.2) is 4.98 Å². The maximum atomic E-state index is 12.6. The molecule has 3 aromatic rings. The number of carbonyl (C=O) groups is 1. The van der Waals surface area contributed by atoms with Crippen LogP contribution in [0.5, 0.6) is 5.75 Å². The number of aromatic nitrogens is 2. The van der Waals surface area contributed by atoms with Crippen LogP contribution in [-0.2, 0) is 17.0 Å². The van der Waals surface area contributed by atoms with Gasteiger partial charge in [-0.3, -0.25) is 9.59 Å². The van der Waals surface area contributed by atoms with Crippen LogP contribution in [0.25, 0.3) is 0 Å². The maximum Gasteiger partial charge on any atom is 0.255 e. The minimum atomic E-state index is -0.285. The van der Waals surface area contributed by atoms with Crippen molar-refractivity contribution in [2.45, 2.75) is 38.1 Å². The topological polar surface area (TPSA) is 84.1 Å². The highest BCUT2D eigenvalue weighted by Crippen LogP contribution is 2.22. The molecule has 0 fully saturated rings. The Labute approximate surface area is 180 Å². The summed E-state index contributed by atoms with van der Waals surface area (Å²) in [6.45, 7) is 5.64. The Balaban J connectivity index is 1.70. The largest absolute Gasteiger partial charge is 0.497 e. The van der Waals surface area contributed by atoms with E-state index in [1.807, 2.05) is 56.3 Å². The Morgan fingerprint density at radius 3 is 2.50 bits per heavy atom. The summed E-state index contributed by atoms with van der Waals surface area (Å²) in [5.74, 6) is 1.20. The highest BCUT2D eigenvalue weighted by Gasteiger charge is 2.15. The number of aromatic amines is 1. The summed E-state index contributed by atoms with van der Waals surface area (Å²) in [5.41, 5.74) is 4.47. The van der Waals surface area contributed by atoms with Gasteiger partial charge in [-0.2, -0.15) is 0 Å². The first kappa shape index (κ1) is 21.6. The average Bonchev–Trinajstić information content (AvgIpc) is 2.72. The Bertz CT molecular complexity index is 1100. The van der Waals surface area contributed by atoms with Crippen molar-refractivity contribution in [3.8, 4) is 5.75 Å². The molecule has 2 aromatic carbocycles. The summed E-state index contributed by atoms with van der Waals surface area (Å²) < 4.78 is 5.23. The third-order valence-corrected chi connectivity index (χ3v) is 5.74. The molecule has 0 aliphatic heterocycles. The molecule has 0 saturated heterocycles. The zero-order valence-electron chi connectivity index (χ0n) is 17.5. The highest BCUT2D eigenvalue weighted by atomic mass is 32.2. The molecular formula is C23H25N3O3S. The van der Waals surface area contributed by atoms with Gasteiger partial charge in [-0.1, -0.05) is 42.1 Å². The van der Waals surface area contributed by atoms with Gasteiger partial charge in [0.2, 0.25) is 5.91 Å². The lowest BCUT2D eigenvalue weighted by Crippen LogP contribution is -2.24. The van der Waals surface area contributed by atoms with Gasteiger partial charge in [0.25, 0.3) is 5.56 Å². The van der Waals surface area contributed by atoms with Crippen LogP contribution in [0.15, 0.2) is 52.4 Å². The molecule has 0 radical (unpaired) electrons. The van der Waals surface area contributed by atoms with E-state index < -0.39 is 0 Å². The molecule has 156 valence electrons. The summed E-state index contributed by atoms with van der Waals surface area (Å²) in [5, 5.41) is 3.44. The number of methoxy groups -OCH3 is 1. The Kier molecular flexibility index (Phi) is 6.95. The van der Waals surface area contributed by atoms with Crippen molar-refractivity contribution in [2.75, 3.05) is 12.4 Å². The third-order valence-electron chi connectivity index (χ3n) is 4.79. The number of hydrogen-bond donors (Lipinski definition) is 2. The van der Waals surface area contributed by atoms with E-state index in [9.17, 15) is 9.59 Å². The van der Waals surface area contributed by atoms with Gasteiger partial charge in [0.15, 0.2) is 5.16 Å². The predicted molar refractivity (Wildman–Crippen MR) is 120 cm³/mol. The van der Waals surface area contributed by atoms with E-state index in [0.29, 0.717) is 22.2 Å². The number of amides is 1. The van der Waals surface area contributed by atoms with Crippen molar-refractivity contribution in [1.82, 2.24) is 9.97 Å². The molecule has 0 atom stereocenters. The summed E-state index contributed by atoms with van der Waals surface area (Å²) in [6.07, 6.45) is -0.0250. The van der Waals surface area contributed by atoms with Gasteiger partial charge in [0.1, 0.15) is 5.75 Å². The first-order valence-electron chi connectivity index (χ1n) is 9.59. The molecule has 7 heteroatoms. The standard InChI is InChI=1S/C23H25N3O3S/c1-14-7-5-8-15(2)21(14)25-20(27)12-19-16(3)24-23(26-22(19)28)30-13-17-9-6-10-18(11-17)29-4/h5-11H,12-13H2,1-4H3,(H,25,27)(H,24,26,28). The summed E-state index contributed by atoms with van der Waals surface area (Å²) >= 11 is 1.43. The number of anilines is 1. The molecule has 3 rings (SSSR count). The van der Waals surface area contributed by atoms with E-state index in [0.717, 1.165) is 28.1 Å². The Morgan fingerprint density at radius 1 is 1.13 bits per heavy atom. The van der Waals surface area contributed by atoms with Crippen LogP contribution in [0.2, 0.25) is 0 Å². The fourth-order valence-corrected chi connectivity index (χ4v) is 3.98. The number of rotatable bonds is 7. The number of nitrogens with zero attached hydrogens (tertiary/aromatic N) is 1. The van der Waals surface area contributed by atoms with Crippen LogP contribution in [0, 0.1) is 20.8 Å². The molecule has 0 aliphatic carbocycles. The van der Waals surface area contributed by atoms with Crippen LogP contribution in [0.3, 0.4) is 0 Å². The van der Waals surface area contributed by atoms with Crippen LogP contribution < -0.4 is 15.6 Å². The van der Waals surface area contributed by atoms with Gasteiger partial charge < -0.3 is 15.0 Å². The van der Waals surface area contributed by atoms with Crippen molar-refractivity contribution < 1.29 is 9.53 Å². The molecule has 0 aliphatic rings. The predicted octanol–water partition coefficient (Wildman–Crippen LogP) is 4.18. The van der Waals surface area contributed by atoms with Gasteiger partial charge in [0, 0.05) is 22.7 Å². The summed E-state index contributed by atoms with van der Waals surface area (Å²) in [4.78, 5) is 32.4. The van der Waals surface area contributed by atoms with E-state index in [4.69, 9.17) is 4.74 Å². The Hall–Kier alpha value is -3.06. The second kappa shape index (κ2) is 9.63. The number of nitrogens with one attached hydrogen (secondary N) is 2. The lowest BCUT2D eigenvalue weighted by Gasteiger charge is -2.12. The number of H-pyrrole nitrogens is 1. The number of para-hydroxylation sites is 1. The van der Waals surface area contributed by atoms with Crippen molar-refractivity contribution in [2.24, 2.45) is 0 Å².